The third kappa shape index (κ3) is 2.68. The molecule has 0 aliphatic carbocycles. The number of nitrogens with zero attached hydrogens (tertiary/aromatic N) is 1. The molecule has 0 radical (unpaired) electrons. The summed E-state index contributed by atoms with van der Waals surface area (Å²) in [5.74, 6) is -1.27. The molecule has 0 spiro atoms. The van der Waals surface area contributed by atoms with Crippen molar-refractivity contribution < 1.29 is 22.8 Å². The summed E-state index contributed by atoms with van der Waals surface area (Å²) in [6.45, 7) is 0. The van der Waals surface area contributed by atoms with Gasteiger partial charge in [0, 0.05) is 11.1 Å². The smallest absolute Gasteiger partial charge is 0.298 e. The Labute approximate surface area is 105 Å². The number of carbonyl (C=O) groups excluding carboxylic acids is 2. The predicted molar refractivity (Wildman–Crippen MR) is 56.6 cm³/mol. The highest BCUT2D eigenvalue weighted by Crippen LogP contribution is 2.33. The monoisotopic (exact) mass is 275 g/mol. The largest absolute Gasteiger partial charge is 0.417 e. The maximum Gasteiger partial charge on any atom is 0.417 e. The summed E-state index contributed by atoms with van der Waals surface area (Å²) in [6, 6.07) is 2.76. The molecule has 0 unspecified atom stereocenters. The minimum Gasteiger partial charge on any atom is -0.298 e. The third-order valence-corrected chi connectivity index (χ3v) is 2.40. The second kappa shape index (κ2) is 5.19. The van der Waals surface area contributed by atoms with E-state index in [0.29, 0.717) is 6.07 Å². The molecule has 0 bridgehead atoms. The third-order valence-electron chi connectivity index (χ3n) is 2.16. The number of hydrogen-bond donors (Lipinski definition) is 0. The van der Waals surface area contributed by atoms with Crippen LogP contribution < -0.4 is 0 Å². The zero-order valence-electron chi connectivity index (χ0n) is 8.71. The number of alkyl halides is 4. The van der Waals surface area contributed by atoms with Gasteiger partial charge in [0.1, 0.15) is 6.07 Å². The zero-order chi connectivity index (χ0) is 13.9. The summed E-state index contributed by atoms with van der Waals surface area (Å²) >= 11 is 5.24. The summed E-state index contributed by atoms with van der Waals surface area (Å²) < 4.78 is 38.1. The number of aldehydes is 1. The van der Waals surface area contributed by atoms with Crippen LogP contribution in [0, 0.1) is 11.3 Å². The zero-order valence-corrected chi connectivity index (χ0v) is 9.47. The topological polar surface area (TPSA) is 57.9 Å². The van der Waals surface area contributed by atoms with Gasteiger partial charge >= 0.3 is 6.18 Å². The van der Waals surface area contributed by atoms with Crippen LogP contribution in [0.3, 0.4) is 0 Å². The SMILES string of the molecule is N#Cc1c(C=O)cc(C(=O)CCl)cc1C(F)(F)F. The molecule has 0 N–H and O–H groups in total. The molecule has 94 valence electrons. The van der Waals surface area contributed by atoms with E-state index in [1.54, 1.807) is 0 Å². The molecule has 0 aliphatic rings. The predicted octanol–water partition coefficient (Wildman–Crippen LogP) is 2.81. The average Bonchev–Trinajstić information content (AvgIpc) is 2.34. The van der Waals surface area contributed by atoms with Crippen molar-refractivity contribution in [1.82, 2.24) is 0 Å². The normalized spacial score (nSPS) is 10.8. The van der Waals surface area contributed by atoms with Gasteiger partial charge in [0.15, 0.2) is 12.1 Å². The standard InChI is InChI=1S/C11H5ClF3NO2/c12-3-10(18)6-1-7(5-17)8(4-16)9(2-6)11(13,14)15/h1-2,5H,3H2. The van der Waals surface area contributed by atoms with Crippen LogP contribution in [-0.2, 0) is 6.18 Å². The van der Waals surface area contributed by atoms with Crippen molar-refractivity contribution >= 4 is 23.7 Å². The van der Waals surface area contributed by atoms with E-state index in [-0.39, 0.29) is 11.8 Å². The van der Waals surface area contributed by atoms with Gasteiger partial charge in [0.25, 0.3) is 0 Å². The Morgan fingerprint density at radius 2 is 2.06 bits per heavy atom. The van der Waals surface area contributed by atoms with Crippen molar-refractivity contribution in [3.63, 3.8) is 0 Å². The summed E-state index contributed by atoms with van der Waals surface area (Å²) in [4.78, 5) is 21.9. The summed E-state index contributed by atoms with van der Waals surface area (Å²) in [7, 11) is 0. The van der Waals surface area contributed by atoms with Crippen LogP contribution in [-0.4, -0.2) is 17.9 Å². The Kier molecular flexibility index (Phi) is 4.09. The minimum atomic E-state index is -4.83. The van der Waals surface area contributed by atoms with Crippen LogP contribution in [0.15, 0.2) is 12.1 Å². The van der Waals surface area contributed by atoms with Crippen LogP contribution in [0.2, 0.25) is 0 Å². The minimum absolute atomic E-state index is 0.0960. The summed E-state index contributed by atoms with van der Waals surface area (Å²) in [5, 5.41) is 8.66. The second-order valence-electron chi connectivity index (χ2n) is 3.27. The number of carbonyl (C=O) groups is 2. The van der Waals surface area contributed by atoms with Gasteiger partial charge in [-0.3, -0.25) is 9.59 Å². The van der Waals surface area contributed by atoms with Crippen LogP contribution in [0.5, 0.6) is 0 Å². The highest BCUT2D eigenvalue weighted by molar-refractivity contribution is 6.30. The molecule has 18 heavy (non-hydrogen) atoms. The Morgan fingerprint density at radius 3 is 2.44 bits per heavy atom. The highest BCUT2D eigenvalue weighted by Gasteiger charge is 2.35. The lowest BCUT2D eigenvalue weighted by molar-refractivity contribution is -0.137. The molecule has 0 heterocycles. The quantitative estimate of drug-likeness (QED) is 0.484. The fourth-order valence-electron chi connectivity index (χ4n) is 1.34. The lowest BCUT2D eigenvalue weighted by Gasteiger charge is -2.11. The first kappa shape index (κ1) is 14.2. The second-order valence-corrected chi connectivity index (χ2v) is 3.54. The number of rotatable bonds is 3. The van der Waals surface area contributed by atoms with E-state index in [2.05, 4.69) is 0 Å². The van der Waals surface area contributed by atoms with Crippen molar-refractivity contribution in [2.24, 2.45) is 0 Å². The fourth-order valence-corrected chi connectivity index (χ4v) is 1.50. The Morgan fingerprint density at radius 1 is 1.44 bits per heavy atom. The van der Waals surface area contributed by atoms with Crippen LogP contribution in [0.1, 0.15) is 31.8 Å². The van der Waals surface area contributed by atoms with Crippen molar-refractivity contribution in [2.45, 2.75) is 6.18 Å². The first-order valence-corrected chi connectivity index (χ1v) is 5.08. The molecular weight excluding hydrogens is 271 g/mol. The van der Waals surface area contributed by atoms with Crippen molar-refractivity contribution in [3.8, 4) is 6.07 Å². The summed E-state index contributed by atoms with van der Waals surface area (Å²) in [6.07, 6.45) is -4.73. The summed E-state index contributed by atoms with van der Waals surface area (Å²) in [5.41, 5.74) is -2.95. The number of nitriles is 1. The van der Waals surface area contributed by atoms with E-state index in [1.807, 2.05) is 0 Å². The maximum absolute atomic E-state index is 12.7. The molecule has 1 aromatic rings. The van der Waals surface area contributed by atoms with Gasteiger partial charge in [-0.05, 0) is 12.1 Å². The van der Waals surface area contributed by atoms with Crippen LogP contribution in [0.4, 0.5) is 13.2 Å². The molecule has 0 aliphatic heterocycles. The number of benzene rings is 1. The Balaban J connectivity index is 3.62. The molecule has 0 amide bonds. The van der Waals surface area contributed by atoms with Gasteiger partial charge in [-0.2, -0.15) is 18.4 Å². The van der Waals surface area contributed by atoms with Gasteiger partial charge in [-0.15, -0.1) is 11.6 Å². The molecule has 0 saturated carbocycles. The lowest BCUT2D eigenvalue weighted by Crippen LogP contribution is -2.13. The van der Waals surface area contributed by atoms with E-state index >= 15 is 0 Å². The van der Waals surface area contributed by atoms with Gasteiger partial charge in [0.2, 0.25) is 0 Å². The Bertz CT molecular complexity index is 546. The maximum atomic E-state index is 12.7. The number of ketones is 1. The molecule has 0 fully saturated rings. The number of Topliss-reactive ketones (excluding diaryl/α,β-unsaturated/α-hetero) is 1. The van der Waals surface area contributed by atoms with Gasteiger partial charge in [-0.1, -0.05) is 0 Å². The first-order valence-electron chi connectivity index (χ1n) is 4.54. The van der Waals surface area contributed by atoms with E-state index in [9.17, 15) is 22.8 Å². The van der Waals surface area contributed by atoms with Crippen molar-refractivity contribution in [3.05, 3.63) is 34.4 Å². The van der Waals surface area contributed by atoms with Gasteiger partial charge in [0.05, 0.1) is 17.0 Å². The molecule has 0 aromatic heterocycles. The molecule has 0 saturated heterocycles. The van der Waals surface area contributed by atoms with Crippen LogP contribution in [0.25, 0.3) is 0 Å². The van der Waals surface area contributed by atoms with E-state index in [1.165, 1.54) is 6.07 Å². The molecule has 0 atom stereocenters. The van der Waals surface area contributed by atoms with E-state index in [4.69, 9.17) is 16.9 Å². The molecule has 1 rings (SSSR count). The van der Waals surface area contributed by atoms with Gasteiger partial charge in [-0.25, -0.2) is 0 Å². The molecular formula is C11H5ClF3NO2. The molecule has 3 nitrogen and oxygen atoms in total. The first-order chi connectivity index (χ1) is 8.35. The fraction of sp³-hybridized carbons (Fsp3) is 0.182. The van der Waals surface area contributed by atoms with Crippen molar-refractivity contribution in [1.29, 1.82) is 5.26 Å². The molecule has 7 heteroatoms. The van der Waals surface area contributed by atoms with Crippen LogP contribution >= 0.6 is 11.6 Å². The number of halogens is 4. The van der Waals surface area contributed by atoms with Gasteiger partial charge < -0.3 is 0 Å². The lowest BCUT2D eigenvalue weighted by atomic mass is 9.97. The Hall–Kier alpha value is -1.87. The number of hydrogen-bond acceptors (Lipinski definition) is 3. The highest BCUT2D eigenvalue weighted by atomic mass is 35.5. The van der Waals surface area contributed by atoms with Crippen molar-refractivity contribution in [2.75, 3.05) is 5.88 Å². The van der Waals surface area contributed by atoms with E-state index < -0.39 is 34.5 Å². The molecule has 1 aromatic carbocycles. The van der Waals surface area contributed by atoms with E-state index in [0.717, 1.165) is 6.07 Å². The average molecular weight is 276 g/mol.